The Morgan fingerprint density at radius 3 is 2.52 bits per heavy atom. The molecule has 1 aliphatic heterocycles. The molecule has 2 aromatic carbocycles. The van der Waals surface area contributed by atoms with Crippen LogP contribution in [0.5, 0.6) is 5.75 Å². The molecule has 1 atom stereocenters. The monoisotopic (exact) mass is 542 g/mol. The van der Waals surface area contributed by atoms with Gasteiger partial charge in [0.15, 0.2) is 5.76 Å². The number of nitrogens with one attached hydrogen (secondary N) is 1. The fourth-order valence-corrected chi connectivity index (χ4v) is 4.73. The Kier molecular flexibility index (Phi) is 8.31. The van der Waals surface area contributed by atoms with E-state index >= 15 is 0 Å². The lowest BCUT2D eigenvalue weighted by molar-refractivity contribution is -0.117. The van der Waals surface area contributed by atoms with E-state index in [0.717, 1.165) is 29.8 Å². The molecule has 9 heteroatoms. The number of hydrogen-bond acceptors (Lipinski definition) is 6. The maximum atomic E-state index is 13.4. The summed E-state index contributed by atoms with van der Waals surface area (Å²) in [6.07, 6.45) is 4.99. The average molecular weight is 543 g/mol. The second-order valence-corrected chi connectivity index (χ2v) is 10.1. The van der Waals surface area contributed by atoms with Gasteiger partial charge in [0.25, 0.3) is 5.91 Å². The normalized spacial score (nSPS) is 14.8. The predicted octanol–water partition coefficient (Wildman–Crippen LogP) is 5.52. The average Bonchev–Trinajstić information content (AvgIpc) is 3.75. The Labute approximate surface area is 233 Å². The number of rotatable bonds is 10. The Bertz CT molecular complexity index is 1420. The molecule has 0 bridgehead atoms. The van der Waals surface area contributed by atoms with Gasteiger partial charge in [0.1, 0.15) is 12.3 Å². The molecule has 1 N–H and O–H groups in total. The number of nitrogens with zero attached hydrogens (tertiary/aromatic N) is 3. The zero-order valence-electron chi connectivity index (χ0n) is 23.0. The molecule has 9 nitrogen and oxygen atoms in total. The summed E-state index contributed by atoms with van der Waals surface area (Å²) in [5, 5.41) is 2.94. The van der Waals surface area contributed by atoms with Crippen LogP contribution in [0.4, 0.5) is 5.95 Å². The molecule has 0 saturated carbocycles. The molecule has 4 aromatic rings. The second kappa shape index (κ2) is 12.2. The largest absolute Gasteiger partial charge is 0.497 e. The Morgan fingerprint density at radius 1 is 1.12 bits per heavy atom. The summed E-state index contributed by atoms with van der Waals surface area (Å²) >= 11 is 0. The summed E-state index contributed by atoms with van der Waals surface area (Å²) in [6.45, 7) is 5.07. The molecule has 5 rings (SSSR count). The lowest BCUT2D eigenvalue weighted by atomic mass is 10.0. The quantitative estimate of drug-likeness (QED) is 0.283. The number of furan rings is 1. The van der Waals surface area contributed by atoms with Gasteiger partial charge in [-0.3, -0.25) is 19.5 Å². The number of carbonyl (C=O) groups is 2. The van der Waals surface area contributed by atoms with Crippen LogP contribution in [0.3, 0.4) is 0 Å². The molecule has 3 heterocycles. The van der Waals surface area contributed by atoms with Crippen molar-refractivity contribution in [3.8, 4) is 22.7 Å². The molecular formula is C31H34N4O5. The van der Waals surface area contributed by atoms with Crippen LogP contribution in [0.1, 0.15) is 48.7 Å². The topological polar surface area (TPSA) is 98.8 Å². The molecule has 40 heavy (non-hydrogen) atoms. The van der Waals surface area contributed by atoms with E-state index in [1.54, 1.807) is 19.2 Å². The predicted molar refractivity (Wildman–Crippen MR) is 152 cm³/mol. The summed E-state index contributed by atoms with van der Waals surface area (Å²) in [7, 11) is 1.62. The van der Waals surface area contributed by atoms with Crippen molar-refractivity contribution in [1.82, 2.24) is 14.5 Å². The van der Waals surface area contributed by atoms with Gasteiger partial charge in [-0.05, 0) is 72.9 Å². The van der Waals surface area contributed by atoms with Gasteiger partial charge in [0.2, 0.25) is 11.9 Å². The van der Waals surface area contributed by atoms with Crippen LogP contribution in [-0.2, 0) is 9.53 Å². The van der Waals surface area contributed by atoms with Crippen molar-refractivity contribution in [2.45, 2.75) is 38.7 Å². The van der Waals surface area contributed by atoms with Crippen LogP contribution in [-0.4, -0.2) is 59.2 Å². The number of amides is 2. The number of aromatic nitrogens is 2. The molecule has 0 radical (unpaired) electrons. The lowest BCUT2D eigenvalue weighted by Crippen LogP contribution is -2.42. The number of benzene rings is 2. The number of imidazole rings is 1. The van der Waals surface area contributed by atoms with Crippen molar-refractivity contribution in [2.24, 2.45) is 0 Å². The maximum absolute atomic E-state index is 13.4. The van der Waals surface area contributed by atoms with Crippen molar-refractivity contribution in [3.63, 3.8) is 0 Å². The fourth-order valence-electron chi connectivity index (χ4n) is 4.73. The van der Waals surface area contributed by atoms with Gasteiger partial charge >= 0.3 is 0 Å². The minimum absolute atomic E-state index is 0.116. The highest BCUT2D eigenvalue weighted by atomic mass is 16.5. The summed E-state index contributed by atoms with van der Waals surface area (Å²) in [5.74, 6) is 0.947. The van der Waals surface area contributed by atoms with E-state index in [-0.39, 0.29) is 30.2 Å². The van der Waals surface area contributed by atoms with Crippen LogP contribution in [0.25, 0.3) is 16.9 Å². The van der Waals surface area contributed by atoms with Gasteiger partial charge in [-0.2, -0.15) is 0 Å². The molecular weight excluding hydrogens is 508 g/mol. The third-order valence-corrected chi connectivity index (χ3v) is 6.98. The van der Waals surface area contributed by atoms with Crippen molar-refractivity contribution in [1.29, 1.82) is 0 Å². The van der Waals surface area contributed by atoms with E-state index in [1.165, 1.54) is 16.7 Å². The summed E-state index contributed by atoms with van der Waals surface area (Å²) in [4.78, 5) is 32.8. The molecule has 0 aliphatic carbocycles. The fraction of sp³-hybridized carbons (Fsp3) is 0.323. The Hall–Kier alpha value is -4.37. The standard InChI is InChI=1S/C31H34N4O5/c1-21(2)22-8-12-24(13-9-22)35-19-27(23-10-14-25(38-3)15-11-23)32-31(35)33-29(36)20-34(18-26-6-4-16-39-26)30(37)28-7-5-17-40-28/h5,7-15,17,19,21,26H,4,6,16,18,20H2,1-3H3,(H,32,33,36)/t26-/m1/s1. The molecule has 0 unspecified atom stereocenters. The number of anilines is 1. The van der Waals surface area contributed by atoms with E-state index in [2.05, 4.69) is 31.3 Å². The van der Waals surface area contributed by atoms with Gasteiger partial charge in [-0.1, -0.05) is 26.0 Å². The molecule has 1 saturated heterocycles. The highest BCUT2D eigenvalue weighted by molar-refractivity contribution is 5.97. The third-order valence-electron chi connectivity index (χ3n) is 6.98. The van der Waals surface area contributed by atoms with Gasteiger partial charge in [0, 0.05) is 30.6 Å². The van der Waals surface area contributed by atoms with Gasteiger partial charge in [0.05, 0.1) is 25.2 Å². The molecule has 2 amide bonds. The summed E-state index contributed by atoms with van der Waals surface area (Å²) in [6, 6.07) is 19.0. The zero-order valence-corrected chi connectivity index (χ0v) is 23.0. The van der Waals surface area contributed by atoms with Crippen LogP contribution in [0, 0.1) is 0 Å². The number of ether oxygens (including phenoxy) is 2. The van der Waals surface area contributed by atoms with Crippen LogP contribution < -0.4 is 10.1 Å². The molecule has 0 spiro atoms. The van der Waals surface area contributed by atoms with Crippen LogP contribution >= 0.6 is 0 Å². The van der Waals surface area contributed by atoms with Crippen LogP contribution in [0.15, 0.2) is 77.5 Å². The van der Waals surface area contributed by atoms with Gasteiger partial charge in [-0.15, -0.1) is 0 Å². The first kappa shape index (κ1) is 27.2. The highest BCUT2D eigenvalue weighted by Gasteiger charge is 2.27. The first-order chi connectivity index (χ1) is 19.4. The number of hydrogen-bond donors (Lipinski definition) is 1. The zero-order chi connectivity index (χ0) is 28.1. The molecule has 1 fully saturated rings. The second-order valence-electron chi connectivity index (χ2n) is 10.1. The van der Waals surface area contributed by atoms with Crippen molar-refractivity contribution in [3.05, 3.63) is 84.4 Å². The highest BCUT2D eigenvalue weighted by Crippen LogP contribution is 2.27. The number of methoxy groups -OCH3 is 1. The third kappa shape index (κ3) is 6.26. The molecule has 208 valence electrons. The van der Waals surface area contributed by atoms with Crippen LogP contribution in [0.2, 0.25) is 0 Å². The van der Waals surface area contributed by atoms with Gasteiger partial charge < -0.3 is 18.8 Å². The van der Waals surface area contributed by atoms with Crippen molar-refractivity contribution >= 4 is 17.8 Å². The van der Waals surface area contributed by atoms with E-state index in [9.17, 15) is 9.59 Å². The minimum atomic E-state index is -0.371. The minimum Gasteiger partial charge on any atom is -0.497 e. The SMILES string of the molecule is COc1ccc(-c2cn(-c3ccc(C(C)C)cc3)c(NC(=O)CN(C[C@H]3CCCO3)C(=O)c3ccco3)n2)cc1. The van der Waals surface area contributed by atoms with E-state index in [4.69, 9.17) is 18.9 Å². The number of carbonyl (C=O) groups excluding carboxylic acids is 2. The lowest BCUT2D eigenvalue weighted by Gasteiger charge is -2.24. The van der Waals surface area contributed by atoms with Gasteiger partial charge in [-0.25, -0.2) is 4.98 Å². The molecule has 1 aliphatic rings. The summed E-state index contributed by atoms with van der Waals surface area (Å²) in [5.41, 5.74) is 3.64. The smallest absolute Gasteiger partial charge is 0.290 e. The van der Waals surface area contributed by atoms with E-state index < -0.39 is 0 Å². The van der Waals surface area contributed by atoms with E-state index in [1.807, 2.05) is 47.2 Å². The molecule has 2 aromatic heterocycles. The Balaban J connectivity index is 1.42. The first-order valence-electron chi connectivity index (χ1n) is 13.5. The van der Waals surface area contributed by atoms with Crippen molar-refractivity contribution in [2.75, 3.05) is 32.1 Å². The van der Waals surface area contributed by atoms with Crippen molar-refractivity contribution < 1.29 is 23.5 Å². The summed E-state index contributed by atoms with van der Waals surface area (Å²) < 4.78 is 18.2. The maximum Gasteiger partial charge on any atom is 0.290 e. The first-order valence-corrected chi connectivity index (χ1v) is 13.5. The van der Waals surface area contributed by atoms with E-state index in [0.29, 0.717) is 30.7 Å². The Morgan fingerprint density at radius 2 is 1.90 bits per heavy atom.